The van der Waals surface area contributed by atoms with Gasteiger partial charge in [-0.3, -0.25) is 4.79 Å². The molecule has 1 aliphatic rings. The number of nitrogens with zero attached hydrogens (tertiary/aromatic N) is 1. The first-order valence-corrected chi connectivity index (χ1v) is 5.80. The summed E-state index contributed by atoms with van der Waals surface area (Å²) < 4.78 is 0. The van der Waals surface area contributed by atoms with Crippen LogP contribution in [0.15, 0.2) is 36.4 Å². The van der Waals surface area contributed by atoms with Crippen LogP contribution in [0.2, 0.25) is 0 Å². The summed E-state index contributed by atoms with van der Waals surface area (Å²) in [6.45, 7) is 7.29. The topological polar surface area (TPSA) is 40.5 Å². The molecule has 0 aromatic heterocycles. The second kappa shape index (κ2) is 4.62. The van der Waals surface area contributed by atoms with Crippen molar-refractivity contribution in [3.63, 3.8) is 0 Å². The Kier molecular flexibility index (Phi) is 3.18. The van der Waals surface area contributed by atoms with Gasteiger partial charge in [-0.1, -0.05) is 23.8 Å². The maximum atomic E-state index is 11.2. The minimum absolute atomic E-state index is 0.392. The molecule has 90 valence electrons. The predicted octanol–water partition coefficient (Wildman–Crippen LogP) is 2.64. The first-order chi connectivity index (χ1) is 8.09. The van der Waals surface area contributed by atoms with Gasteiger partial charge in [0, 0.05) is 18.8 Å². The molecule has 17 heavy (non-hydrogen) atoms. The van der Waals surface area contributed by atoms with Crippen molar-refractivity contribution in [2.75, 3.05) is 18.0 Å². The standard InChI is InChI=1S/C14H17NO2/c1-10(2)7-8-15-9-12(14(16)17)11-5-3-4-6-13(11)15/h3-6,12H,1,7-9H2,2H3,(H,16,17). The van der Waals surface area contributed by atoms with E-state index in [1.165, 1.54) is 0 Å². The first-order valence-electron chi connectivity index (χ1n) is 5.80. The van der Waals surface area contributed by atoms with Crippen LogP contribution in [0.1, 0.15) is 24.8 Å². The third-order valence-electron chi connectivity index (χ3n) is 3.16. The second-order valence-corrected chi connectivity index (χ2v) is 4.60. The maximum absolute atomic E-state index is 11.2. The first kappa shape index (κ1) is 11.7. The van der Waals surface area contributed by atoms with E-state index >= 15 is 0 Å². The molecule has 2 rings (SSSR count). The number of para-hydroxylation sites is 1. The summed E-state index contributed by atoms with van der Waals surface area (Å²) in [5, 5.41) is 9.21. The van der Waals surface area contributed by atoms with Gasteiger partial charge in [-0.15, -0.1) is 6.58 Å². The van der Waals surface area contributed by atoms with Crippen molar-refractivity contribution in [3.8, 4) is 0 Å². The number of carboxylic acids is 1. The van der Waals surface area contributed by atoms with Gasteiger partial charge in [0.05, 0.1) is 0 Å². The van der Waals surface area contributed by atoms with Crippen molar-refractivity contribution in [1.82, 2.24) is 0 Å². The zero-order chi connectivity index (χ0) is 12.4. The average molecular weight is 231 g/mol. The average Bonchev–Trinajstić information content (AvgIpc) is 2.65. The van der Waals surface area contributed by atoms with Crippen LogP contribution in [-0.2, 0) is 4.79 Å². The summed E-state index contributed by atoms with van der Waals surface area (Å²) >= 11 is 0. The molecule has 0 saturated carbocycles. The van der Waals surface area contributed by atoms with Gasteiger partial charge in [-0.25, -0.2) is 0 Å². The van der Waals surface area contributed by atoms with E-state index in [1.807, 2.05) is 31.2 Å². The molecule has 1 aromatic carbocycles. The SMILES string of the molecule is C=C(C)CCN1CC(C(=O)O)c2ccccc21. The van der Waals surface area contributed by atoms with Crippen molar-refractivity contribution >= 4 is 11.7 Å². The molecule has 1 unspecified atom stereocenters. The summed E-state index contributed by atoms with van der Waals surface area (Å²) in [5.41, 5.74) is 3.11. The van der Waals surface area contributed by atoms with Gasteiger partial charge >= 0.3 is 5.97 Å². The summed E-state index contributed by atoms with van der Waals surface area (Å²) in [6, 6.07) is 7.76. The molecule has 3 nitrogen and oxygen atoms in total. The molecule has 0 spiro atoms. The van der Waals surface area contributed by atoms with Crippen LogP contribution in [0.25, 0.3) is 0 Å². The van der Waals surface area contributed by atoms with E-state index in [1.54, 1.807) is 0 Å². The highest BCUT2D eigenvalue weighted by Crippen LogP contribution is 2.36. The number of hydrogen-bond acceptors (Lipinski definition) is 2. The molecule has 1 atom stereocenters. The van der Waals surface area contributed by atoms with E-state index in [2.05, 4.69) is 11.5 Å². The van der Waals surface area contributed by atoms with Gasteiger partial charge < -0.3 is 10.0 Å². The highest BCUT2D eigenvalue weighted by Gasteiger charge is 2.32. The molecule has 1 N–H and O–H groups in total. The number of carbonyl (C=O) groups is 1. The van der Waals surface area contributed by atoms with E-state index in [-0.39, 0.29) is 0 Å². The van der Waals surface area contributed by atoms with Gasteiger partial charge in [0.2, 0.25) is 0 Å². The fourth-order valence-corrected chi connectivity index (χ4v) is 2.24. The molecule has 0 aliphatic carbocycles. The van der Waals surface area contributed by atoms with Gasteiger partial charge in [0.15, 0.2) is 0 Å². The number of rotatable bonds is 4. The molecular weight excluding hydrogens is 214 g/mol. The molecule has 0 amide bonds. The smallest absolute Gasteiger partial charge is 0.312 e. The third kappa shape index (κ3) is 2.33. The normalized spacial score (nSPS) is 17.9. The van der Waals surface area contributed by atoms with Crippen molar-refractivity contribution < 1.29 is 9.90 Å². The van der Waals surface area contributed by atoms with E-state index in [0.29, 0.717) is 6.54 Å². The van der Waals surface area contributed by atoms with Gasteiger partial charge in [-0.2, -0.15) is 0 Å². The van der Waals surface area contributed by atoms with E-state index < -0.39 is 11.9 Å². The van der Waals surface area contributed by atoms with E-state index in [4.69, 9.17) is 0 Å². The Balaban J connectivity index is 2.22. The summed E-state index contributed by atoms with van der Waals surface area (Å²) in [4.78, 5) is 13.3. The second-order valence-electron chi connectivity index (χ2n) is 4.60. The Morgan fingerprint density at radius 2 is 2.24 bits per heavy atom. The summed E-state index contributed by atoms with van der Waals surface area (Å²) in [6.07, 6.45) is 0.903. The van der Waals surface area contributed by atoms with Crippen LogP contribution in [0.5, 0.6) is 0 Å². The predicted molar refractivity (Wildman–Crippen MR) is 68.5 cm³/mol. The van der Waals surface area contributed by atoms with Crippen LogP contribution in [0.3, 0.4) is 0 Å². The van der Waals surface area contributed by atoms with Crippen LogP contribution in [0.4, 0.5) is 5.69 Å². The van der Waals surface area contributed by atoms with E-state index in [0.717, 1.165) is 29.8 Å². The quantitative estimate of drug-likeness (QED) is 0.810. The fraction of sp³-hybridized carbons (Fsp3) is 0.357. The van der Waals surface area contributed by atoms with Gasteiger partial charge in [0.25, 0.3) is 0 Å². The summed E-state index contributed by atoms with van der Waals surface area (Å²) in [7, 11) is 0. The minimum atomic E-state index is -0.740. The van der Waals surface area contributed by atoms with Crippen LogP contribution < -0.4 is 4.90 Å². The molecule has 1 aromatic rings. The number of aliphatic carboxylic acids is 1. The number of anilines is 1. The molecule has 0 saturated heterocycles. The summed E-state index contributed by atoms with van der Waals surface area (Å²) in [5.74, 6) is -1.13. The fourth-order valence-electron chi connectivity index (χ4n) is 2.24. The lowest BCUT2D eigenvalue weighted by Gasteiger charge is -2.19. The molecule has 1 aliphatic heterocycles. The Bertz CT molecular complexity index is 453. The Morgan fingerprint density at radius 3 is 2.88 bits per heavy atom. The van der Waals surface area contributed by atoms with Crippen LogP contribution in [0, 0.1) is 0 Å². The molecule has 0 bridgehead atoms. The largest absolute Gasteiger partial charge is 0.481 e. The van der Waals surface area contributed by atoms with Gasteiger partial charge in [0.1, 0.15) is 5.92 Å². The van der Waals surface area contributed by atoms with Crippen LogP contribution >= 0.6 is 0 Å². The maximum Gasteiger partial charge on any atom is 0.312 e. The lowest BCUT2D eigenvalue weighted by Crippen LogP contribution is -2.25. The Morgan fingerprint density at radius 1 is 1.53 bits per heavy atom. The van der Waals surface area contributed by atoms with Crippen molar-refractivity contribution in [2.24, 2.45) is 0 Å². The minimum Gasteiger partial charge on any atom is -0.481 e. The molecule has 3 heteroatoms. The lowest BCUT2D eigenvalue weighted by atomic mass is 10.0. The molecule has 0 fully saturated rings. The number of fused-ring (bicyclic) bond motifs is 1. The third-order valence-corrected chi connectivity index (χ3v) is 3.16. The Hall–Kier alpha value is -1.77. The lowest BCUT2D eigenvalue weighted by molar-refractivity contribution is -0.138. The van der Waals surface area contributed by atoms with Crippen LogP contribution in [-0.4, -0.2) is 24.2 Å². The van der Waals surface area contributed by atoms with E-state index in [9.17, 15) is 9.90 Å². The van der Waals surface area contributed by atoms with Crippen molar-refractivity contribution in [2.45, 2.75) is 19.3 Å². The zero-order valence-corrected chi connectivity index (χ0v) is 10.0. The monoisotopic (exact) mass is 231 g/mol. The molecule has 0 radical (unpaired) electrons. The number of carboxylic acid groups (broad SMARTS) is 1. The van der Waals surface area contributed by atoms with Crippen molar-refractivity contribution in [3.05, 3.63) is 42.0 Å². The zero-order valence-electron chi connectivity index (χ0n) is 10.0. The highest BCUT2D eigenvalue weighted by molar-refractivity contribution is 5.82. The van der Waals surface area contributed by atoms with Crippen molar-refractivity contribution in [1.29, 1.82) is 0 Å². The number of hydrogen-bond donors (Lipinski definition) is 1. The highest BCUT2D eigenvalue weighted by atomic mass is 16.4. The van der Waals surface area contributed by atoms with Gasteiger partial charge in [-0.05, 0) is 25.0 Å². The molecule has 1 heterocycles. The number of benzene rings is 1. The molecular formula is C14H17NO2. The Labute approximate surface area is 101 Å².